The van der Waals surface area contributed by atoms with Crippen molar-refractivity contribution in [2.24, 2.45) is 0 Å². The molecule has 0 spiro atoms. The number of hydrogen-bond donors (Lipinski definition) is 2. The first-order valence-corrected chi connectivity index (χ1v) is 6.08. The molecular weight excluding hydrogens is 268 g/mol. The summed E-state index contributed by atoms with van der Waals surface area (Å²) in [5.41, 5.74) is 1.04. The van der Waals surface area contributed by atoms with Crippen LogP contribution in [-0.4, -0.2) is 11.7 Å². The number of nitrogens with zero attached hydrogens (tertiary/aromatic N) is 1. The molecule has 1 aromatic carbocycles. The Labute approximate surface area is 104 Å². The van der Waals surface area contributed by atoms with Crippen LogP contribution in [0, 0.1) is 11.3 Å². The number of unbranched alkanes of at least 4 members (excludes halogenated alkanes) is 2. The van der Waals surface area contributed by atoms with Crippen LogP contribution in [0.2, 0.25) is 0 Å². The van der Waals surface area contributed by atoms with Crippen molar-refractivity contribution in [3.05, 3.63) is 28.2 Å². The zero-order chi connectivity index (χ0) is 11.8. The smallest absolute Gasteiger partial charge is 0.115 e. The maximum atomic E-state index is 9.33. The molecule has 0 radical (unpaired) electrons. The molecule has 0 heterocycles. The Balaban J connectivity index is 2.27. The van der Waals surface area contributed by atoms with E-state index in [4.69, 9.17) is 5.26 Å². The lowest BCUT2D eigenvalue weighted by Gasteiger charge is -2.06. The molecule has 0 unspecified atom stereocenters. The van der Waals surface area contributed by atoms with Gasteiger partial charge in [0.15, 0.2) is 0 Å². The van der Waals surface area contributed by atoms with Crippen LogP contribution in [0.1, 0.15) is 24.8 Å². The van der Waals surface area contributed by atoms with Gasteiger partial charge in [-0.15, -0.1) is 0 Å². The van der Waals surface area contributed by atoms with Crippen molar-refractivity contribution < 1.29 is 5.11 Å². The van der Waals surface area contributed by atoms with Gasteiger partial charge in [0.1, 0.15) is 5.75 Å². The highest BCUT2D eigenvalue weighted by Gasteiger charge is 2.00. The fourth-order valence-electron chi connectivity index (χ4n) is 1.37. The summed E-state index contributed by atoms with van der Waals surface area (Å²) in [7, 11) is 0. The molecule has 4 heteroatoms. The van der Waals surface area contributed by atoms with E-state index < -0.39 is 0 Å². The third kappa shape index (κ3) is 4.65. The van der Waals surface area contributed by atoms with Crippen LogP contribution in [0.4, 0.5) is 0 Å². The zero-order valence-electron chi connectivity index (χ0n) is 9.04. The molecule has 0 fully saturated rings. The number of nitriles is 1. The fourth-order valence-corrected chi connectivity index (χ4v) is 1.76. The number of nitrogens with one attached hydrogen (secondary N) is 1. The lowest BCUT2D eigenvalue weighted by Crippen LogP contribution is -2.14. The van der Waals surface area contributed by atoms with Crippen molar-refractivity contribution in [3.63, 3.8) is 0 Å². The second-order valence-corrected chi connectivity index (χ2v) is 4.42. The van der Waals surface area contributed by atoms with Gasteiger partial charge in [-0.3, -0.25) is 0 Å². The summed E-state index contributed by atoms with van der Waals surface area (Å²) >= 11 is 3.43. The maximum Gasteiger partial charge on any atom is 0.115 e. The molecule has 16 heavy (non-hydrogen) atoms. The molecule has 0 saturated heterocycles. The average Bonchev–Trinajstić information content (AvgIpc) is 2.28. The van der Waals surface area contributed by atoms with Crippen LogP contribution in [0.15, 0.2) is 22.7 Å². The van der Waals surface area contributed by atoms with Gasteiger partial charge >= 0.3 is 0 Å². The number of benzene rings is 1. The molecule has 0 aromatic heterocycles. The first-order valence-electron chi connectivity index (χ1n) is 5.29. The van der Waals surface area contributed by atoms with Crippen LogP contribution < -0.4 is 5.32 Å². The summed E-state index contributed by atoms with van der Waals surface area (Å²) < 4.78 is 0.995. The highest BCUT2D eigenvalue weighted by Crippen LogP contribution is 2.21. The van der Waals surface area contributed by atoms with Crippen molar-refractivity contribution >= 4 is 15.9 Å². The summed E-state index contributed by atoms with van der Waals surface area (Å²) in [6, 6.07) is 7.36. The van der Waals surface area contributed by atoms with Gasteiger partial charge in [-0.1, -0.05) is 15.9 Å². The minimum absolute atomic E-state index is 0.282. The Morgan fingerprint density at radius 2 is 2.19 bits per heavy atom. The monoisotopic (exact) mass is 282 g/mol. The molecule has 1 rings (SSSR count). The van der Waals surface area contributed by atoms with Crippen molar-refractivity contribution in [1.82, 2.24) is 5.32 Å². The largest absolute Gasteiger partial charge is 0.508 e. The molecule has 0 amide bonds. The number of phenols is 1. The standard InChI is InChI=1S/C12H15BrN2O/c13-12-5-4-11(16)8-10(12)9-15-7-3-1-2-6-14/h4-5,8,15-16H,1-3,7,9H2. The summed E-state index contributed by atoms with van der Waals surface area (Å²) in [5, 5.41) is 21.0. The van der Waals surface area contributed by atoms with E-state index in [1.54, 1.807) is 12.1 Å². The maximum absolute atomic E-state index is 9.33. The van der Waals surface area contributed by atoms with Crippen molar-refractivity contribution in [2.45, 2.75) is 25.8 Å². The molecule has 0 aliphatic heterocycles. The van der Waals surface area contributed by atoms with Crippen LogP contribution in [-0.2, 0) is 6.54 Å². The minimum Gasteiger partial charge on any atom is -0.508 e. The third-order valence-electron chi connectivity index (χ3n) is 2.24. The molecule has 0 aliphatic carbocycles. The minimum atomic E-state index is 0.282. The van der Waals surface area contributed by atoms with Gasteiger partial charge < -0.3 is 10.4 Å². The van der Waals surface area contributed by atoms with Crippen molar-refractivity contribution in [3.8, 4) is 11.8 Å². The van der Waals surface area contributed by atoms with Crippen molar-refractivity contribution in [2.75, 3.05) is 6.54 Å². The molecule has 0 bridgehead atoms. The molecular formula is C12H15BrN2O. The molecule has 0 saturated carbocycles. The van der Waals surface area contributed by atoms with Crippen LogP contribution in [0.3, 0.4) is 0 Å². The van der Waals surface area contributed by atoms with Gasteiger partial charge in [0.2, 0.25) is 0 Å². The van der Waals surface area contributed by atoms with E-state index in [1.165, 1.54) is 0 Å². The normalized spacial score (nSPS) is 10.0. The Morgan fingerprint density at radius 1 is 1.38 bits per heavy atom. The fraction of sp³-hybridized carbons (Fsp3) is 0.417. The quantitative estimate of drug-likeness (QED) is 0.789. The molecule has 0 aliphatic rings. The van der Waals surface area contributed by atoms with E-state index in [9.17, 15) is 5.11 Å². The average molecular weight is 283 g/mol. The van der Waals surface area contributed by atoms with Crippen LogP contribution in [0.25, 0.3) is 0 Å². The highest BCUT2D eigenvalue weighted by molar-refractivity contribution is 9.10. The number of hydrogen-bond acceptors (Lipinski definition) is 3. The summed E-state index contributed by atoms with van der Waals surface area (Å²) in [4.78, 5) is 0. The van der Waals surface area contributed by atoms with E-state index in [0.29, 0.717) is 6.42 Å². The lowest BCUT2D eigenvalue weighted by atomic mass is 10.2. The Hall–Kier alpha value is -1.05. The van der Waals surface area contributed by atoms with E-state index in [2.05, 4.69) is 27.3 Å². The Kier molecular flexibility index (Phi) is 5.91. The number of aromatic hydroxyl groups is 1. The topological polar surface area (TPSA) is 56.0 Å². The third-order valence-corrected chi connectivity index (χ3v) is 3.01. The van der Waals surface area contributed by atoms with Gasteiger partial charge in [-0.2, -0.15) is 5.26 Å². The van der Waals surface area contributed by atoms with Crippen LogP contribution in [0.5, 0.6) is 5.75 Å². The first kappa shape index (κ1) is 13.0. The second kappa shape index (κ2) is 7.26. The van der Waals surface area contributed by atoms with Gasteiger partial charge in [0.25, 0.3) is 0 Å². The zero-order valence-corrected chi connectivity index (χ0v) is 10.6. The second-order valence-electron chi connectivity index (χ2n) is 3.57. The van der Waals surface area contributed by atoms with Crippen molar-refractivity contribution in [1.29, 1.82) is 5.26 Å². The van der Waals surface area contributed by atoms with E-state index in [0.717, 1.165) is 36.0 Å². The summed E-state index contributed by atoms with van der Waals surface area (Å²) in [6.45, 7) is 1.62. The van der Waals surface area contributed by atoms with E-state index in [1.807, 2.05) is 6.07 Å². The molecule has 2 N–H and O–H groups in total. The van der Waals surface area contributed by atoms with Gasteiger partial charge in [-0.25, -0.2) is 0 Å². The van der Waals surface area contributed by atoms with Gasteiger partial charge in [0.05, 0.1) is 6.07 Å². The number of halogens is 1. The first-order chi connectivity index (χ1) is 7.74. The number of rotatable bonds is 6. The molecule has 0 atom stereocenters. The van der Waals surface area contributed by atoms with E-state index >= 15 is 0 Å². The van der Waals surface area contributed by atoms with Gasteiger partial charge in [-0.05, 0) is 43.1 Å². The highest BCUT2D eigenvalue weighted by atomic mass is 79.9. The number of phenolic OH excluding ortho intramolecular Hbond substituents is 1. The Morgan fingerprint density at radius 3 is 2.94 bits per heavy atom. The summed E-state index contributed by atoms with van der Waals surface area (Å²) in [5.74, 6) is 0.282. The Bertz CT molecular complexity index is 374. The van der Waals surface area contributed by atoms with E-state index in [-0.39, 0.29) is 5.75 Å². The molecule has 1 aromatic rings. The summed E-state index contributed by atoms with van der Waals surface area (Å²) in [6.07, 6.45) is 2.56. The SMILES string of the molecule is N#CCCCCNCc1cc(O)ccc1Br. The molecule has 86 valence electrons. The van der Waals surface area contributed by atoms with Crippen LogP contribution >= 0.6 is 15.9 Å². The van der Waals surface area contributed by atoms with Gasteiger partial charge in [0, 0.05) is 17.4 Å². The predicted molar refractivity (Wildman–Crippen MR) is 67.0 cm³/mol. The molecule has 3 nitrogen and oxygen atoms in total. The predicted octanol–water partition coefficient (Wildman–Crippen LogP) is 2.94. The lowest BCUT2D eigenvalue weighted by molar-refractivity contribution is 0.474.